The highest BCUT2D eigenvalue weighted by Gasteiger charge is 2.37. The maximum Gasteiger partial charge on any atom is 0.420 e. The Morgan fingerprint density at radius 2 is 1.82 bits per heavy atom. The van der Waals surface area contributed by atoms with Crippen LogP contribution in [0.3, 0.4) is 0 Å². The Morgan fingerprint density at radius 1 is 1.18 bits per heavy atom. The lowest BCUT2D eigenvalue weighted by Gasteiger charge is -2.19. The van der Waals surface area contributed by atoms with Crippen molar-refractivity contribution in [3.63, 3.8) is 0 Å². The number of carboxylic acids is 1. The molecule has 2 N–H and O–H groups in total. The molecule has 10 heteroatoms. The number of benzene rings is 2. The number of alkyl halides is 3. The Kier molecular flexibility index (Phi) is 6.18. The molecule has 1 amide bonds. The van der Waals surface area contributed by atoms with Crippen LogP contribution in [0.1, 0.15) is 40.1 Å². The van der Waals surface area contributed by atoms with Gasteiger partial charge in [-0.2, -0.15) is 13.2 Å². The van der Waals surface area contributed by atoms with Crippen LogP contribution in [0.5, 0.6) is 5.75 Å². The SMILES string of the molecule is CC(C)Oc1c(Cl)cc(C(=O)Nc2ccc(C(=O)O)c(F)c2)cc1C(F)(F)F. The Hall–Kier alpha value is -2.81. The summed E-state index contributed by atoms with van der Waals surface area (Å²) in [5, 5.41) is 10.6. The van der Waals surface area contributed by atoms with Crippen molar-refractivity contribution in [1.29, 1.82) is 0 Å². The first kappa shape index (κ1) is 21.5. The average molecular weight is 420 g/mol. The number of nitrogens with one attached hydrogen (secondary N) is 1. The molecule has 2 aromatic rings. The van der Waals surface area contributed by atoms with Crippen LogP contribution < -0.4 is 10.1 Å². The molecule has 0 spiro atoms. The number of aromatic carboxylic acids is 1. The van der Waals surface area contributed by atoms with E-state index in [0.717, 1.165) is 24.3 Å². The van der Waals surface area contributed by atoms with Gasteiger partial charge >= 0.3 is 12.1 Å². The van der Waals surface area contributed by atoms with Gasteiger partial charge in [-0.25, -0.2) is 9.18 Å². The summed E-state index contributed by atoms with van der Waals surface area (Å²) >= 11 is 5.88. The molecule has 28 heavy (non-hydrogen) atoms. The van der Waals surface area contributed by atoms with Gasteiger partial charge < -0.3 is 15.2 Å². The number of anilines is 1. The van der Waals surface area contributed by atoms with Crippen molar-refractivity contribution in [3.05, 3.63) is 57.9 Å². The van der Waals surface area contributed by atoms with Crippen LogP contribution in [0, 0.1) is 5.82 Å². The summed E-state index contributed by atoms with van der Waals surface area (Å²) in [6.07, 6.45) is -5.42. The van der Waals surface area contributed by atoms with E-state index in [2.05, 4.69) is 5.32 Å². The van der Waals surface area contributed by atoms with E-state index in [9.17, 15) is 27.2 Å². The maximum absolute atomic E-state index is 13.7. The smallest absolute Gasteiger partial charge is 0.420 e. The standard InChI is InChI=1S/C18H14ClF4NO4/c1-8(2)28-15-12(18(21,22)23)5-9(6-13(15)19)16(25)24-10-3-4-11(17(26)27)14(20)7-10/h3-8H,1-2H3,(H,24,25)(H,26,27). The highest BCUT2D eigenvalue weighted by Crippen LogP contribution is 2.41. The Bertz CT molecular complexity index is 929. The summed E-state index contributed by atoms with van der Waals surface area (Å²) < 4.78 is 58.9. The topological polar surface area (TPSA) is 75.6 Å². The molecule has 2 aromatic carbocycles. The lowest BCUT2D eigenvalue weighted by molar-refractivity contribution is -0.139. The fraction of sp³-hybridized carbons (Fsp3) is 0.222. The first-order chi connectivity index (χ1) is 12.9. The highest BCUT2D eigenvalue weighted by atomic mass is 35.5. The van der Waals surface area contributed by atoms with Crippen LogP contribution in [-0.4, -0.2) is 23.1 Å². The predicted octanol–water partition coefficient (Wildman–Crippen LogP) is 5.24. The zero-order chi connectivity index (χ0) is 21.2. The molecule has 0 fully saturated rings. The van der Waals surface area contributed by atoms with Gasteiger partial charge in [0.2, 0.25) is 0 Å². The third kappa shape index (κ3) is 4.92. The normalized spacial score (nSPS) is 11.4. The Labute approximate surface area is 161 Å². The number of amides is 1. The minimum absolute atomic E-state index is 0.139. The number of hydrogen-bond acceptors (Lipinski definition) is 3. The summed E-state index contributed by atoms with van der Waals surface area (Å²) in [6, 6.07) is 4.32. The van der Waals surface area contributed by atoms with Crippen LogP contribution in [-0.2, 0) is 6.18 Å². The summed E-state index contributed by atoms with van der Waals surface area (Å²) in [5.74, 6) is -4.21. The van der Waals surface area contributed by atoms with Crippen LogP contribution in [0.2, 0.25) is 5.02 Å². The molecule has 0 radical (unpaired) electrons. The van der Waals surface area contributed by atoms with Crippen LogP contribution in [0.4, 0.5) is 23.2 Å². The summed E-state index contributed by atoms with van der Waals surface area (Å²) in [7, 11) is 0. The zero-order valence-corrected chi connectivity index (χ0v) is 15.3. The number of carboxylic acid groups (broad SMARTS) is 1. The minimum Gasteiger partial charge on any atom is -0.489 e. The molecule has 0 aromatic heterocycles. The summed E-state index contributed by atoms with van der Waals surface area (Å²) in [4.78, 5) is 23.1. The maximum atomic E-state index is 13.7. The molecule has 0 saturated heterocycles. The fourth-order valence-electron chi connectivity index (χ4n) is 2.26. The summed E-state index contributed by atoms with van der Waals surface area (Å²) in [6.45, 7) is 3.04. The predicted molar refractivity (Wildman–Crippen MR) is 93.5 cm³/mol. The molecule has 0 aliphatic carbocycles. The van der Waals surface area contributed by atoms with E-state index >= 15 is 0 Å². The van der Waals surface area contributed by atoms with Crippen molar-refractivity contribution >= 4 is 29.2 Å². The lowest BCUT2D eigenvalue weighted by atomic mass is 10.1. The van der Waals surface area contributed by atoms with Crippen LogP contribution >= 0.6 is 11.6 Å². The molecule has 0 bridgehead atoms. The molecule has 0 aliphatic heterocycles. The van der Waals surface area contributed by atoms with Crippen molar-refractivity contribution in [3.8, 4) is 5.75 Å². The molecular formula is C18H14ClF4NO4. The van der Waals surface area contributed by atoms with E-state index in [1.165, 1.54) is 13.8 Å². The molecule has 0 unspecified atom stereocenters. The molecular weight excluding hydrogens is 406 g/mol. The highest BCUT2D eigenvalue weighted by molar-refractivity contribution is 6.32. The molecule has 2 rings (SSSR count). The van der Waals surface area contributed by atoms with Crippen molar-refractivity contribution < 1.29 is 37.0 Å². The second-order valence-corrected chi connectivity index (χ2v) is 6.36. The monoisotopic (exact) mass is 419 g/mol. The molecule has 0 aliphatic rings. The van der Waals surface area contributed by atoms with E-state index in [4.69, 9.17) is 21.4 Å². The third-order valence-electron chi connectivity index (χ3n) is 3.42. The van der Waals surface area contributed by atoms with Gasteiger partial charge in [0.05, 0.1) is 22.3 Å². The number of carbonyl (C=O) groups is 2. The second-order valence-electron chi connectivity index (χ2n) is 5.95. The zero-order valence-electron chi connectivity index (χ0n) is 14.5. The number of halogens is 5. The Balaban J connectivity index is 2.39. The molecule has 150 valence electrons. The van der Waals surface area contributed by atoms with E-state index in [1.807, 2.05) is 0 Å². The van der Waals surface area contributed by atoms with E-state index in [1.54, 1.807) is 0 Å². The van der Waals surface area contributed by atoms with E-state index < -0.39 is 57.4 Å². The van der Waals surface area contributed by atoms with E-state index in [0.29, 0.717) is 6.07 Å². The van der Waals surface area contributed by atoms with Gasteiger partial charge in [0.1, 0.15) is 5.82 Å². The summed E-state index contributed by atoms with van der Waals surface area (Å²) in [5.41, 5.74) is -2.42. The number of rotatable bonds is 5. The van der Waals surface area contributed by atoms with Crippen molar-refractivity contribution in [2.45, 2.75) is 26.1 Å². The van der Waals surface area contributed by atoms with Gasteiger partial charge in [-0.15, -0.1) is 0 Å². The Morgan fingerprint density at radius 3 is 2.32 bits per heavy atom. The second kappa shape index (κ2) is 8.05. The quantitative estimate of drug-likeness (QED) is 0.650. The first-order valence-electron chi connectivity index (χ1n) is 7.81. The molecule has 5 nitrogen and oxygen atoms in total. The van der Waals surface area contributed by atoms with Crippen molar-refractivity contribution in [2.24, 2.45) is 0 Å². The van der Waals surface area contributed by atoms with Gasteiger partial charge in [0.25, 0.3) is 5.91 Å². The van der Waals surface area contributed by atoms with Gasteiger partial charge in [-0.05, 0) is 44.2 Å². The third-order valence-corrected chi connectivity index (χ3v) is 3.70. The fourth-order valence-corrected chi connectivity index (χ4v) is 2.52. The van der Waals surface area contributed by atoms with Crippen molar-refractivity contribution in [1.82, 2.24) is 0 Å². The molecule has 0 atom stereocenters. The minimum atomic E-state index is -4.83. The van der Waals surface area contributed by atoms with Gasteiger partial charge in [-0.1, -0.05) is 11.6 Å². The van der Waals surface area contributed by atoms with Gasteiger partial charge in [0.15, 0.2) is 5.75 Å². The number of carbonyl (C=O) groups excluding carboxylic acids is 1. The molecule has 0 saturated carbocycles. The van der Waals surface area contributed by atoms with Gasteiger partial charge in [0, 0.05) is 11.3 Å². The number of hydrogen-bond donors (Lipinski definition) is 2. The average Bonchev–Trinajstić information content (AvgIpc) is 2.54. The van der Waals surface area contributed by atoms with E-state index in [-0.39, 0.29) is 5.69 Å². The first-order valence-corrected chi connectivity index (χ1v) is 8.19. The van der Waals surface area contributed by atoms with Gasteiger partial charge in [-0.3, -0.25) is 4.79 Å². The van der Waals surface area contributed by atoms with Crippen LogP contribution in [0.15, 0.2) is 30.3 Å². The largest absolute Gasteiger partial charge is 0.489 e. The lowest BCUT2D eigenvalue weighted by Crippen LogP contribution is -2.17. The number of ether oxygens (including phenoxy) is 1. The van der Waals surface area contributed by atoms with Crippen LogP contribution in [0.25, 0.3) is 0 Å². The van der Waals surface area contributed by atoms with Crippen molar-refractivity contribution in [2.75, 3.05) is 5.32 Å². The molecule has 0 heterocycles.